The molecule has 0 N–H and O–H groups in total. The van der Waals surface area contributed by atoms with E-state index in [-0.39, 0.29) is 10.6 Å². The van der Waals surface area contributed by atoms with Crippen LogP contribution < -0.4 is 0 Å². The average molecular weight is 240 g/mol. The SMILES string of the molecule is Cc1ccc(C(=Cc2cccnc2)[N+](=O)[O-])cc1. The van der Waals surface area contributed by atoms with Crippen molar-refractivity contribution >= 4 is 11.8 Å². The molecule has 2 aromatic rings. The molecular formula is C14H12N2O2. The Bertz CT molecular complexity index is 575. The van der Waals surface area contributed by atoms with Gasteiger partial charge in [-0.05, 0) is 30.7 Å². The normalized spacial score (nSPS) is 11.3. The summed E-state index contributed by atoms with van der Waals surface area (Å²) in [5.41, 5.74) is 2.45. The molecule has 1 heterocycles. The van der Waals surface area contributed by atoms with E-state index in [1.54, 1.807) is 36.7 Å². The van der Waals surface area contributed by atoms with E-state index in [9.17, 15) is 10.1 Å². The van der Waals surface area contributed by atoms with Crippen LogP contribution in [-0.4, -0.2) is 9.91 Å². The number of pyridine rings is 1. The Balaban J connectivity index is 2.44. The van der Waals surface area contributed by atoms with E-state index in [4.69, 9.17) is 0 Å². The summed E-state index contributed by atoms with van der Waals surface area (Å²) in [5.74, 6) is 0. The standard InChI is InChI=1S/C14H12N2O2/c1-11-4-6-13(7-5-11)14(16(17)18)9-12-3-2-8-15-10-12/h2-10H,1H3. The molecule has 0 unspecified atom stereocenters. The van der Waals surface area contributed by atoms with E-state index in [1.165, 1.54) is 6.08 Å². The molecule has 0 aliphatic carbocycles. The van der Waals surface area contributed by atoms with Gasteiger partial charge in [-0.15, -0.1) is 0 Å². The van der Waals surface area contributed by atoms with Gasteiger partial charge in [-0.2, -0.15) is 0 Å². The van der Waals surface area contributed by atoms with E-state index in [0.717, 1.165) is 5.56 Å². The van der Waals surface area contributed by atoms with Crippen LogP contribution in [0.25, 0.3) is 11.8 Å². The number of aromatic nitrogens is 1. The lowest BCUT2D eigenvalue weighted by Gasteiger charge is -2.00. The number of nitro groups is 1. The van der Waals surface area contributed by atoms with Crippen molar-refractivity contribution in [2.24, 2.45) is 0 Å². The minimum Gasteiger partial charge on any atom is -0.264 e. The molecule has 0 saturated heterocycles. The maximum atomic E-state index is 11.1. The maximum absolute atomic E-state index is 11.1. The van der Waals surface area contributed by atoms with Crippen molar-refractivity contribution in [2.45, 2.75) is 6.92 Å². The van der Waals surface area contributed by atoms with Crippen LogP contribution in [0.5, 0.6) is 0 Å². The molecule has 0 amide bonds. The third kappa shape index (κ3) is 2.79. The topological polar surface area (TPSA) is 56.0 Å². The number of nitrogens with zero attached hydrogens (tertiary/aromatic N) is 2. The Labute approximate surface area is 105 Å². The van der Waals surface area contributed by atoms with Crippen molar-refractivity contribution in [3.05, 3.63) is 75.6 Å². The lowest BCUT2D eigenvalue weighted by atomic mass is 10.1. The molecule has 0 radical (unpaired) electrons. The van der Waals surface area contributed by atoms with Crippen LogP contribution in [0, 0.1) is 17.0 Å². The van der Waals surface area contributed by atoms with Gasteiger partial charge in [0, 0.05) is 18.5 Å². The molecule has 0 bridgehead atoms. The van der Waals surface area contributed by atoms with Crippen LogP contribution in [-0.2, 0) is 0 Å². The molecule has 4 nitrogen and oxygen atoms in total. The fraction of sp³-hybridized carbons (Fsp3) is 0.0714. The largest absolute Gasteiger partial charge is 0.277 e. The first-order valence-corrected chi connectivity index (χ1v) is 5.50. The fourth-order valence-electron chi connectivity index (χ4n) is 1.58. The van der Waals surface area contributed by atoms with E-state index >= 15 is 0 Å². The lowest BCUT2D eigenvalue weighted by Crippen LogP contribution is -1.97. The average Bonchev–Trinajstić information content (AvgIpc) is 2.38. The van der Waals surface area contributed by atoms with Crippen molar-refractivity contribution in [3.8, 4) is 0 Å². The summed E-state index contributed by atoms with van der Waals surface area (Å²) in [7, 11) is 0. The highest BCUT2D eigenvalue weighted by atomic mass is 16.6. The second-order valence-electron chi connectivity index (χ2n) is 3.94. The molecule has 0 atom stereocenters. The molecule has 0 spiro atoms. The van der Waals surface area contributed by atoms with Crippen molar-refractivity contribution in [3.63, 3.8) is 0 Å². The predicted octanol–water partition coefficient (Wildman–Crippen LogP) is 3.16. The third-order valence-corrected chi connectivity index (χ3v) is 2.53. The van der Waals surface area contributed by atoms with Crippen molar-refractivity contribution in [1.29, 1.82) is 0 Å². The summed E-state index contributed by atoms with van der Waals surface area (Å²) >= 11 is 0. The van der Waals surface area contributed by atoms with E-state index in [1.807, 2.05) is 19.1 Å². The minimum atomic E-state index is -0.377. The van der Waals surface area contributed by atoms with Crippen molar-refractivity contribution in [1.82, 2.24) is 4.98 Å². The van der Waals surface area contributed by atoms with Crippen LogP contribution >= 0.6 is 0 Å². The zero-order valence-electron chi connectivity index (χ0n) is 9.91. The molecule has 0 saturated carbocycles. The molecule has 0 fully saturated rings. The minimum absolute atomic E-state index is 0.0722. The van der Waals surface area contributed by atoms with Gasteiger partial charge in [0.2, 0.25) is 0 Å². The number of rotatable bonds is 3. The Kier molecular flexibility index (Phi) is 3.48. The summed E-state index contributed by atoms with van der Waals surface area (Å²) in [6, 6.07) is 10.7. The molecule has 0 aliphatic rings. The molecule has 2 rings (SSSR count). The molecule has 0 aliphatic heterocycles. The highest BCUT2D eigenvalue weighted by molar-refractivity contribution is 5.76. The lowest BCUT2D eigenvalue weighted by molar-refractivity contribution is -0.374. The molecule has 1 aromatic heterocycles. The molecular weight excluding hydrogens is 228 g/mol. The zero-order chi connectivity index (χ0) is 13.0. The van der Waals surface area contributed by atoms with Gasteiger partial charge in [0.15, 0.2) is 0 Å². The monoisotopic (exact) mass is 240 g/mol. The zero-order valence-corrected chi connectivity index (χ0v) is 9.91. The second kappa shape index (κ2) is 5.23. The molecule has 1 aromatic carbocycles. The van der Waals surface area contributed by atoms with Gasteiger partial charge in [-0.3, -0.25) is 15.1 Å². The Morgan fingerprint density at radius 1 is 1.28 bits per heavy atom. The second-order valence-corrected chi connectivity index (χ2v) is 3.94. The summed E-state index contributed by atoms with van der Waals surface area (Å²) in [6.45, 7) is 1.94. The number of aryl methyl sites for hydroxylation is 1. The first-order valence-electron chi connectivity index (χ1n) is 5.50. The van der Waals surface area contributed by atoms with Crippen LogP contribution in [0.2, 0.25) is 0 Å². The number of hydrogen-bond donors (Lipinski definition) is 0. The third-order valence-electron chi connectivity index (χ3n) is 2.53. The van der Waals surface area contributed by atoms with Gasteiger partial charge < -0.3 is 0 Å². The van der Waals surface area contributed by atoms with E-state index in [0.29, 0.717) is 11.1 Å². The molecule has 90 valence electrons. The Morgan fingerprint density at radius 2 is 2.00 bits per heavy atom. The van der Waals surface area contributed by atoms with Gasteiger partial charge in [-0.1, -0.05) is 23.8 Å². The quantitative estimate of drug-likeness (QED) is 0.611. The Hall–Kier alpha value is -2.49. The van der Waals surface area contributed by atoms with Crippen LogP contribution in [0.1, 0.15) is 16.7 Å². The van der Waals surface area contributed by atoms with Crippen LogP contribution in [0.15, 0.2) is 48.8 Å². The summed E-state index contributed by atoms with van der Waals surface area (Å²) in [5, 5.41) is 11.1. The smallest absolute Gasteiger partial charge is 0.264 e. The highest BCUT2D eigenvalue weighted by Gasteiger charge is 2.13. The number of benzene rings is 1. The predicted molar refractivity (Wildman–Crippen MR) is 70.3 cm³/mol. The summed E-state index contributed by atoms with van der Waals surface area (Å²) in [6.07, 6.45) is 4.75. The first kappa shape index (κ1) is 12.0. The van der Waals surface area contributed by atoms with Gasteiger partial charge in [0.25, 0.3) is 5.70 Å². The van der Waals surface area contributed by atoms with E-state index in [2.05, 4.69) is 4.98 Å². The Morgan fingerprint density at radius 3 is 2.56 bits per heavy atom. The maximum Gasteiger partial charge on any atom is 0.277 e. The van der Waals surface area contributed by atoms with Gasteiger partial charge in [0.05, 0.1) is 10.5 Å². The molecule has 4 heteroatoms. The van der Waals surface area contributed by atoms with Gasteiger partial charge in [0.1, 0.15) is 0 Å². The summed E-state index contributed by atoms with van der Waals surface area (Å²) in [4.78, 5) is 14.7. The summed E-state index contributed by atoms with van der Waals surface area (Å²) < 4.78 is 0. The first-order chi connectivity index (χ1) is 8.66. The van der Waals surface area contributed by atoms with Crippen molar-refractivity contribution < 1.29 is 4.92 Å². The van der Waals surface area contributed by atoms with Gasteiger partial charge in [-0.25, -0.2) is 0 Å². The van der Waals surface area contributed by atoms with Crippen LogP contribution in [0.4, 0.5) is 0 Å². The fourth-order valence-corrected chi connectivity index (χ4v) is 1.58. The molecule has 18 heavy (non-hydrogen) atoms. The van der Waals surface area contributed by atoms with Crippen LogP contribution in [0.3, 0.4) is 0 Å². The van der Waals surface area contributed by atoms with Gasteiger partial charge >= 0.3 is 0 Å². The number of hydrogen-bond acceptors (Lipinski definition) is 3. The van der Waals surface area contributed by atoms with E-state index < -0.39 is 0 Å². The van der Waals surface area contributed by atoms with Crippen molar-refractivity contribution in [2.75, 3.05) is 0 Å². The highest BCUT2D eigenvalue weighted by Crippen LogP contribution is 2.19.